The summed E-state index contributed by atoms with van der Waals surface area (Å²) in [5.74, 6) is -0.0310. The second-order valence-electron chi connectivity index (χ2n) is 4.60. The normalized spacial score (nSPS) is 10.7. The molecule has 0 saturated heterocycles. The van der Waals surface area contributed by atoms with Crippen LogP contribution in [0.5, 0.6) is 0 Å². The zero-order valence-corrected chi connectivity index (χ0v) is 12.2. The highest BCUT2D eigenvalue weighted by Crippen LogP contribution is 2.32. The molecule has 0 aliphatic rings. The minimum absolute atomic E-state index is 0.0310. The molecule has 1 heterocycles. The summed E-state index contributed by atoms with van der Waals surface area (Å²) in [6.07, 6.45) is 1.55. The van der Waals surface area contributed by atoms with Crippen LogP contribution in [0, 0.1) is 0 Å². The first-order chi connectivity index (χ1) is 10.1. The van der Waals surface area contributed by atoms with E-state index in [4.69, 9.17) is 5.73 Å². The van der Waals surface area contributed by atoms with Crippen LogP contribution < -0.4 is 5.73 Å². The van der Waals surface area contributed by atoms with E-state index >= 15 is 0 Å². The number of aromatic nitrogens is 2. The van der Waals surface area contributed by atoms with Crippen molar-refractivity contribution in [2.45, 2.75) is 16.8 Å². The molecular formula is C16H13N3OS. The van der Waals surface area contributed by atoms with Crippen molar-refractivity contribution in [1.82, 2.24) is 9.97 Å². The molecule has 5 heteroatoms. The van der Waals surface area contributed by atoms with Crippen molar-refractivity contribution >= 4 is 34.1 Å². The Labute approximate surface area is 126 Å². The number of nitrogens with zero attached hydrogens (tertiary/aromatic N) is 2. The number of para-hydroxylation sites is 1. The molecule has 1 aromatic heterocycles. The number of carbonyl (C=O) groups excluding carboxylic acids is 1. The fourth-order valence-electron chi connectivity index (χ4n) is 2.10. The lowest BCUT2D eigenvalue weighted by atomic mass is 10.1. The third-order valence-electron chi connectivity index (χ3n) is 3.12. The maximum atomic E-state index is 11.4. The van der Waals surface area contributed by atoms with Gasteiger partial charge in [-0.15, -0.1) is 0 Å². The fraction of sp³-hybridized carbons (Fsp3) is 0.0625. The van der Waals surface area contributed by atoms with Gasteiger partial charge in [-0.25, -0.2) is 9.97 Å². The lowest BCUT2D eigenvalue weighted by molar-refractivity contribution is 0.101. The van der Waals surface area contributed by atoms with Crippen LogP contribution in [0.25, 0.3) is 10.9 Å². The Morgan fingerprint density at radius 2 is 1.95 bits per heavy atom. The van der Waals surface area contributed by atoms with Gasteiger partial charge in [-0.05, 0) is 31.2 Å². The summed E-state index contributed by atoms with van der Waals surface area (Å²) < 4.78 is 0. The van der Waals surface area contributed by atoms with Gasteiger partial charge in [0.1, 0.15) is 11.4 Å². The minimum Gasteiger partial charge on any atom is -0.398 e. The molecule has 2 aromatic carbocycles. The van der Waals surface area contributed by atoms with E-state index in [0.29, 0.717) is 11.3 Å². The van der Waals surface area contributed by atoms with Crippen LogP contribution in [0.4, 0.5) is 5.69 Å². The molecule has 3 rings (SSSR count). The third kappa shape index (κ3) is 2.73. The summed E-state index contributed by atoms with van der Waals surface area (Å²) in [6, 6.07) is 13.3. The van der Waals surface area contributed by atoms with Gasteiger partial charge in [0.05, 0.1) is 5.52 Å². The van der Waals surface area contributed by atoms with Gasteiger partial charge >= 0.3 is 0 Å². The zero-order valence-electron chi connectivity index (χ0n) is 11.4. The molecule has 0 unspecified atom stereocenters. The van der Waals surface area contributed by atoms with E-state index in [0.717, 1.165) is 20.8 Å². The van der Waals surface area contributed by atoms with Crippen LogP contribution in [0.2, 0.25) is 0 Å². The number of hydrogen-bond donors (Lipinski definition) is 1. The number of fused-ring (bicyclic) bond motifs is 1. The third-order valence-corrected chi connectivity index (χ3v) is 4.13. The number of benzene rings is 2. The second-order valence-corrected chi connectivity index (χ2v) is 5.67. The molecule has 0 bridgehead atoms. The van der Waals surface area contributed by atoms with Crippen LogP contribution in [0.3, 0.4) is 0 Å². The lowest BCUT2D eigenvalue weighted by Crippen LogP contribution is -1.99. The highest BCUT2D eigenvalue weighted by atomic mass is 32.2. The number of hydrogen-bond acceptors (Lipinski definition) is 5. The maximum absolute atomic E-state index is 11.4. The van der Waals surface area contributed by atoms with E-state index < -0.39 is 0 Å². The monoisotopic (exact) mass is 295 g/mol. The average molecular weight is 295 g/mol. The number of Topliss-reactive ketones (excluding diaryl/α,β-unsaturated/α-hetero) is 1. The fourth-order valence-corrected chi connectivity index (χ4v) is 3.03. The van der Waals surface area contributed by atoms with Crippen molar-refractivity contribution in [2.75, 3.05) is 5.73 Å². The Hall–Kier alpha value is -2.40. The first-order valence-corrected chi connectivity index (χ1v) is 7.25. The predicted octanol–water partition coefficient (Wildman–Crippen LogP) is 3.57. The van der Waals surface area contributed by atoms with E-state index in [-0.39, 0.29) is 5.78 Å². The van der Waals surface area contributed by atoms with Crippen LogP contribution in [0.1, 0.15) is 17.3 Å². The summed E-state index contributed by atoms with van der Waals surface area (Å²) in [5.41, 5.74) is 7.87. The molecule has 3 aromatic rings. The summed E-state index contributed by atoms with van der Waals surface area (Å²) in [4.78, 5) is 20.9. The summed E-state index contributed by atoms with van der Waals surface area (Å²) in [7, 11) is 0. The van der Waals surface area contributed by atoms with Crippen molar-refractivity contribution in [3.8, 4) is 0 Å². The summed E-state index contributed by atoms with van der Waals surface area (Å²) >= 11 is 1.51. The molecule has 0 spiro atoms. The standard InChI is InChI=1S/C16H13N3OS/c1-10(20)12-7-6-11(8-14(12)17)21-16-13-4-2-3-5-15(13)18-9-19-16/h2-9H,17H2,1H3. The summed E-state index contributed by atoms with van der Waals surface area (Å²) in [5, 5.41) is 1.87. The van der Waals surface area contributed by atoms with Gasteiger partial charge in [0.25, 0.3) is 0 Å². The molecule has 0 amide bonds. The molecule has 0 radical (unpaired) electrons. The molecule has 104 valence electrons. The largest absolute Gasteiger partial charge is 0.398 e. The predicted molar refractivity (Wildman–Crippen MR) is 84.5 cm³/mol. The number of ketones is 1. The molecule has 4 nitrogen and oxygen atoms in total. The quantitative estimate of drug-likeness (QED) is 0.454. The molecular weight excluding hydrogens is 282 g/mol. The van der Waals surface area contributed by atoms with E-state index in [1.54, 1.807) is 18.5 Å². The molecule has 0 aliphatic heterocycles. The van der Waals surface area contributed by atoms with Gasteiger partial charge < -0.3 is 5.73 Å². The molecule has 0 aliphatic carbocycles. The first-order valence-electron chi connectivity index (χ1n) is 6.43. The van der Waals surface area contributed by atoms with Crippen molar-refractivity contribution < 1.29 is 4.79 Å². The van der Waals surface area contributed by atoms with E-state index in [9.17, 15) is 4.79 Å². The van der Waals surface area contributed by atoms with Crippen LogP contribution in [0.15, 0.2) is 58.7 Å². The summed E-state index contributed by atoms with van der Waals surface area (Å²) in [6.45, 7) is 1.51. The van der Waals surface area contributed by atoms with Crippen molar-refractivity contribution in [2.24, 2.45) is 0 Å². The van der Waals surface area contributed by atoms with Gasteiger partial charge in [0.15, 0.2) is 5.78 Å². The number of rotatable bonds is 3. The number of nitrogen functional groups attached to an aromatic ring is 1. The Kier molecular flexibility index (Phi) is 3.58. The van der Waals surface area contributed by atoms with Gasteiger partial charge in [0, 0.05) is 21.5 Å². The van der Waals surface area contributed by atoms with Gasteiger partial charge in [-0.2, -0.15) is 0 Å². The lowest BCUT2D eigenvalue weighted by Gasteiger charge is -2.07. The smallest absolute Gasteiger partial charge is 0.161 e. The number of anilines is 1. The van der Waals surface area contributed by atoms with Crippen LogP contribution in [-0.4, -0.2) is 15.8 Å². The second kappa shape index (κ2) is 5.54. The van der Waals surface area contributed by atoms with Crippen molar-refractivity contribution in [3.05, 3.63) is 54.4 Å². The Bertz CT molecular complexity index is 827. The van der Waals surface area contributed by atoms with Crippen LogP contribution >= 0.6 is 11.8 Å². The Morgan fingerprint density at radius 3 is 2.71 bits per heavy atom. The topological polar surface area (TPSA) is 68.9 Å². The number of nitrogens with two attached hydrogens (primary N) is 1. The van der Waals surface area contributed by atoms with Gasteiger partial charge in [-0.1, -0.05) is 30.0 Å². The highest BCUT2D eigenvalue weighted by molar-refractivity contribution is 7.99. The van der Waals surface area contributed by atoms with Crippen molar-refractivity contribution in [3.63, 3.8) is 0 Å². The minimum atomic E-state index is -0.0310. The molecule has 2 N–H and O–H groups in total. The molecule has 0 fully saturated rings. The zero-order chi connectivity index (χ0) is 14.8. The first kappa shape index (κ1) is 13.6. The molecule has 21 heavy (non-hydrogen) atoms. The molecule has 0 saturated carbocycles. The SMILES string of the molecule is CC(=O)c1ccc(Sc2ncnc3ccccc23)cc1N. The molecule has 0 atom stereocenters. The maximum Gasteiger partial charge on any atom is 0.161 e. The van der Waals surface area contributed by atoms with Crippen molar-refractivity contribution in [1.29, 1.82) is 0 Å². The van der Waals surface area contributed by atoms with E-state index in [1.807, 2.05) is 30.3 Å². The Balaban J connectivity index is 1.99. The van der Waals surface area contributed by atoms with E-state index in [1.165, 1.54) is 18.7 Å². The van der Waals surface area contributed by atoms with Crippen LogP contribution in [-0.2, 0) is 0 Å². The highest BCUT2D eigenvalue weighted by Gasteiger charge is 2.09. The van der Waals surface area contributed by atoms with Gasteiger partial charge in [0.2, 0.25) is 0 Å². The Morgan fingerprint density at radius 1 is 1.14 bits per heavy atom. The van der Waals surface area contributed by atoms with Gasteiger partial charge in [-0.3, -0.25) is 4.79 Å². The number of carbonyl (C=O) groups is 1. The van der Waals surface area contributed by atoms with E-state index in [2.05, 4.69) is 9.97 Å². The average Bonchev–Trinajstić information content (AvgIpc) is 2.47.